The fraction of sp³-hybridized carbons (Fsp3) is 0.333. The van der Waals surface area contributed by atoms with Crippen molar-refractivity contribution < 1.29 is 4.39 Å². The second-order valence-electron chi connectivity index (χ2n) is 1.80. The molecule has 2 heteroatoms. The average molecular weight is 113 g/mol. The zero-order chi connectivity index (χ0) is 5.98. The van der Waals surface area contributed by atoms with Gasteiger partial charge in [-0.2, -0.15) is 0 Å². The molecule has 0 radical (unpaired) electrons. The van der Waals surface area contributed by atoms with E-state index in [1.54, 1.807) is 25.3 Å². The molecule has 1 aliphatic rings. The Labute approximate surface area is 47.9 Å². The predicted molar refractivity (Wildman–Crippen MR) is 30.9 cm³/mol. The molecule has 0 spiro atoms. The van der Waals surface area contributed by atoms with Crippen molar-refractivity contribution in [2.75, 3.05) is 0 Å². The average Bonchev–Trinajstić information content (AvgIpc) is 1.77. The normalized spacial score (nSPS) is 26.8. The number of hydrogen-bond donors (Lipinski definition) is 1. The predicted octanol–water partition coefficient (Wildman–Crippen LogP) is 1.35. The van der Waals surface area contributed by atoms with Gasteiger partial charge in [-0.25, -0.2) is 4.39 Å². The molecular weight excluding hydrogens is 105 g/mol. The van der Waals surface area contributed by atoms with Crippen molar-refractivity contribution in [3.8, 4) is 0 Å². The summed E-state index contributed by atoms with van der Waals surface area (Å²) < 4.78 is 12.3. The molecule has 0 saturated heterocycles. The van der Waals surface area contributed by atoms with Gasteiger partial charge in [-0.3, -0.25) is 0 Å². The maximum atomic E-state index is 12.3. The van der Waals surface area contributed by atoms with Gasteiger partial charge >= 0.3 is 0 Å². The third kappa shape index (κ3) is 0.886. The molecule has 1 heterocycles. The largest absolute Gasteiger partial charge is 0.359 e. The molecule has 0 aromatic heterocycles. The quantitative estimate of drug-likeness (QED) is 0.467. The lowest BCUT2D eigenvalue weighted by atomic mass is 10.2. The summed E-state index contributed by atoms with van der Waals surface area (Å²) in [5, 5.41) is 2.52. The van der Waals surface area contributed by atoms with E-state index in [-0.39, 0.29) is 0 Å². The summed E-state index contributed by atoms with van der Waals surface area (Å²) in [6, 6.07) is 0. The Morgan fingerprint density at radius 3 is 2.88 bits per heavy atom. The number of halogens is 1. The molecule has 1 N–H and O–H groups in total. The summed E-state index contributed by atoms with van der Waals surface area (Å²) >= 11 is 0. The number of nitrogens with one attached hydrogen (secondary N) is 1. The van der Waals surface area contributed by atoms with Crippen LogP contribution in [0.4, 0.5) is 4.39 Å². The van der Waals surface area contributed by atoms with Crippen LogP contribution in [-0.2, 0) is 0 Å². The van der Waals surface area contributed by atoms with Crippen molar-refractivity contribution in [2.45, 2.75) is 13.2 Å². The smallest absolute Gasteiger partial charge is 0.191 e. The van der Waals surface area contributed by atoms with Gasteiger partial charge in [0.05, 0.1) is 0 Å². The molecule has 1 atom stereocenters. The Hall–Kier alpha value is -0.790. The number of rotatable bonds is 0. The molecule has 1 nitrogen and oxygen atoms in total. The summed E-state index contributed by atoms with van der Waals surface area (Å²) in [5.74, 6) is 0. The topological polar surface area (TPSA) is 12.0 Å². The van der Waals surface area contributed by atoms with Crippen LogP contribution in [0.15, 0.2) is 23.9 Å². The van der Waals surface area contributed by atoms with Crippen LogP contribution in [0.3, 0.4) is 0 Å². The number of allylic oxidation sites excluding steroid dienone is 2. The Morgan fingerprint density at radius 1 is 1.75 bits per heavy atom. The lowest BCUT2D eigenvalue weighted by Gasteiger charge is -2.10. The summed E-state index contributed by atoms with van der Waals surface area (Å²) in [6.45, 7) is 1.75. The van der Waals surface area contributed by atoms with Gasteiger partial charge in [-0.15, -0.1) is 0 Å². The van der Waals surface area contributed by atoms with Crippen LogP contribution < -0.4 is 5.32 Å². The first-order chi connectivity index (χ1) is 3.80. The Kier molecular flexibility index (Phi) is 1.33. The van der Waals surface area contributed by atoms with E-state index in [4.69, 9.17) is 0 Å². The fourth-order valence-electron chi connectivity index (χ4n) is 0.556. The van der Waals surface area contributed by atoms with Crippen molar-refractivity contribution in [1.82, 2.24) is 5.32 Å². The van der Waals surface area contributed by atoms with Crippen molar-refractivity contribution >= 4 is 0 Å². The highest BCUT2D eigenvalue weighted by Gasteiger charge is 2.05. The van der Waals surface area contributed by atoms with Crippen LogP contribution in [0.2, 0.25) is 0 Å². The molecule has 0 saturated carbocycles. The lowest BCUT2D eigenvalue weighted by molar-refractivity contribution is 0.346. The minimum atomic E-state index is -0.972. The van der Waals surface area contributed by atoms with E-state index in [1.807, 2.05) is 0 Å². The highest BCUT2D eigenvalue weighted by atomic mass is 19.1. The Balaban J connectivity index is 2.66. The summed E-state index contributed by atoms with van der Waals surface area (Å²) in [6.07, 6.45) is 4.16. The van der Waals surface area contributed by atoms with Crippen molar-refractivity contribution in [1.29, 1.82) is 0 Å². The number of hydrogen-bond acceptors (Lipinski definition) is 1. The summed E-state index contributed by atoms with van der Waals surface area (Å²) in [4.78, 5) is 0. The van der Waals surface area contributed by atoms with Crippen molar-refractivity contribution in [2.24, 2.45) is 0 Å². The minimum absolute atomic E-state index is 0.729. The summed E-state index contributed by atoms with van der Waals surface area (Å²) in [7, 11) is 0. The molecule has 0 aromatic carbocycles. The Morgan fingerprint density at radius 2 is 2.50 bits per heavy atom. The monoisotopic (exact) mass is 113 g/mol. The van der Waals surface area contributed by atoms with Gasteiger partial charge < -0.3 is 5.32 Å². The third-order valence-corrected chi connectivity index (χ3v) is 1.10. The van der Waals surface area contributed by atoms with Crippen LogP contribution in [0.1, 0.15) is 6.92 Å². The van der Waals surface area contributed by atoms with E-state index in [2.05, 4.69) is 5.32 Å². The van der Waals surface area contributed by atoms with Gasteiger partial charge in [0.25, 0.3) is 0 Å². The Bertz CT molecular complexity index is 137. The molecule has 1 rings (SSSR count). The van der Waals surface area contributed by atoms with Gasteiger partial charge in [0.15, 0.2) is 6.30 Å². The summed E-state index contributed by atoms with van der Waals surface area (Å²) in [5.41, 5.74) is 0.729. The van der Waals surface area contributed by atoms with Crippen molar-refractivity contribution in [3.05, 3.63) is 23.9 Å². The van der Waals surface area contributed by atoms with E-state index in [0.717, 1.165) is 5.57 Å². The third-order valence-electron chi connectivity index (χ3n) is 1.10. The molecule has 0 fully saturated rings. The van der Waals surface area contributed by atoms with Gasteiger partial charge in [0, 0.05) is 0 Å². The SMILES string of the molecule is CC1=CC=CNC1F. The zero-order valence-electron chi connectivity index (χ0n) is 4.69. The molecule has 0 amide bonds. The van der Waals surface area contributed by atoms with E-state index in [0.29, 0.717) is 0 Å². The maximum absolute atomic E-state index is 12.3. The first kappa shape index (κ1) is 5.35. The van der Waals surface area contributed by atoms with Gasteiger partial charge in [0.1, 0.15) is 0 Å². The lowest BCUT2D eigenvalue weighted by Crippen LogP contribution is -2.21. The van der Waals surface area contributed by atoms with E-state index in [9.17, 15) is 4.39 Å². The zero-order valence-corrected chi connectivity index (χ0v) is 4.69. The molecule has 0 aliphatic carbocycles. The van der Waals surface area contributed by atoms with Crippen LogP contribution in [0, 0.1) is 0 Å². The molecule has 1 aliphatic heterocycles. The van der Waals surface area contributed by atoms with Crippen LogP contribution in [0.25, 0.3) is 0 Å². The van der Waals surface area contributed by atoms with Crippen LogP contribution in [-0.4, -0.2) is 6.30 Å². The molecule has 8 heavy (non-hydrogen) atoms. The van der Waals surface area contributed by atoms with Crippen LogP contribution >= 0.6 is 0 Å². The molecule has 1 unspecified atom stereocenters. The van der Waals surface area contributed by atoms with Crippen molar-refractivity contribution in [3.63, 3.8) is 0 Å². The highest BCUT2D eigenvalue weighted by molar-refractivity contribution is 5.18. The first-order valence-corrected chi connectivity index (χ1v) is 2.54. The maximum Gasteiger partial charge on any atom is 0.191 e. The second kappa shape index (κ2) is 1.99. The number of dihydropyridines is 1. The van der Waals surface area contributed by atoms with E-state index < -0.39 is 6.30 Å². The molecule has 0 bridgehead atoms. The van der Waals surface area contributed by atoms with Crippen LogP contribution in [0.5, 0.6) is 0 Å². The van der Waals surface area contributed by atoms with E-state index in [1.165, 1.54) is 0 Å². The highest BCUT2D eigenvalue weighted by Crippen LogP contribution is 2.05. The van der Waals surface area contributed by atoms with Gasteiger partial charge in [-0.1, -0.05) is 6.08 Å². The molecule has 44 valence electrons. The first-order valence-electron chi connectivity index (χ1n) is 2.54. The van der Waals surface area contributed by atoms with Gasteiger partial charge in [0.2, 0.25) is 0 Å². The second-order valence-corrected chi connectivity index (χ2v) is 1.80. The molecular formula is C6H8FN. The van der Waals surface area contributed by atoms with E-state index >= 15 is 0 Å². The van der Waals surface area contributed by atoms with Gasteiger partial charge in [-0.05, 0) is 24.8 Å². The number of alkyl halides is 1. The fourth-order valence-corrected chi connectivity index (χ4v) is 0.556. The molecule has 0 aromatic rings. The standard InChI is InChI=1S/C6H8FN/c1-5-3-2-4-8-6(5)7/h2-4,6,8H,1H3. The minimum Gasteiger partial charge on any atom is -0.359 e.